The minimum Gasteiger partial charge on any atom is -0.493 e. The molecule has 1 aromatic carbocycles. The van der Waals surface area contributed by atoms with Crippen molar-refractivity contribution in [1.82, 2.24) is 10.6 Å². The molecular formula is C21H36IN3O3. The zero-order valence-corrected chi connectivity index (χ0v) is 19.8. The Hall–Kier alpha value is -1.22. The molecule has 0 bridgehead atoms. The van der Waals surface area contributed by atoms with Crippen molar-refractivity contribution in [2.45, 2.75) is 52.0 Å². The number of benzene rings is 1. The van der Waals surface area contributed by atoms with Crippen molar-refractivity contribution in [3.8, 4) is 11.5 Å². The van der Waals surface area contributed by atoms with Gasteiger partial charge in [0.2, 0.25) is 0 Å². The van der Waals surface area contributed by atoms with Crippen molar-refractivity contribution in [3.63, 3.8) is 0 Å². The summed E-state index contributed by atoms with van der Waals surface area (Å²) in [6, 6.07) is 5.87. The van der Waals surface area contributed by atoms with E-state index in [0.717, 1.165) is 36.8 Å². The maximum atomic E-state index is 9.50. The monoisotopic (exact) mass is 505 g/mol. The molecule has 1 aliphatic carbocycles. The molecule has 1 aromatic rings. The van der Waals surface area contributed by atoms with E-state index in [4.69, 9.17) is 14.5 Å². The number of methoxy groups -OCH3 is 2. The van der Waals surface area contributed by atoms with Crippen LogP contribution in [0.15, 0.2) is 23.2 Å². The number of nitrogens with zero attached hydrogens (tertiary/aromatic N) is 1. The van der Waals surface area contributed by atoms with E-state index < -0.39 is 0 Å². The molecule has 0 spiro atoms. The molecule has 1 saturated carbocycles. The first-order valence-electron chi connectivity index (χ1n) is 10.0. The molecule has 160 valence electrons. The number of aliphatic hydroxyl groups excluding tert-OH is 1. The van der Waals surface area contributed by atoms with Gasteiger partial charge in [0.05, 0.1) is 20.8 Å². The first kappa shape index (κ1) is 24.8. The summed E-state index contributed by atoms with van der Waals surface area (Å²) in [5.41, 5.74) is 1.25. The van der Waals surface area contributed by atoms with Gasteiger partial charge in [-0.05, 0) is 49.3 Å². The van der Waals surface area contributed by atoms with Crippen LogP contribution in [0.1, 0.15) is 51.0 Å². The highest BCUT2D eigenvalue weighted by molar-refractivity contribution is 14.0. The maximum Gasteiger partial charge on any atom is 0.191 e. The molecule has 0 aliphatic heterocycles. The number of hydrogen-bond donors (Lipinski definition) is 3. The predicted octanol–water partition coefficient (Wildman–Crippen LogP) is 3.71. The van der Waals surface area contributed by atoms with Crippen LogP contribution in [0.25, 0.3) is 0 Å². The van der Waals surface area contributed by atoms with Crippen LogP contribution in [0.4, 0.5) is 0 Å². The van der Waals surface area contributed by atoms with Gasteiger partial charge < -0.3 is 25.2 Å². The van der Waals surface area contributed by atoms with Crippen molar-refractivity contribution >= 4 is 29.9 Å². The minimum atomic E-state index is 0. The van der Waals surface area contributed by atoms with E-state index in [9.17, 15) is 5.11 Å². The Labute approximate surface area is 186 Å². The Balaban J connectivity index is 0.00000392. The van der Waals surface area contributed by atoms with Crippen LogP contribution in [-0.4, -0.2) is 45.0 Å². The fourth-order valence-electron chi connectivity index (χ4n) is 3.82. The van der Waals surface area contributed by atoms with E-state index >= 15 is 0 Å². The van der Waals surface area contributed by atoms with Crippen LogP contribution >= 0.6 is 24.0 Å². The Kier molecular flexibility index (Phi) is 11.6. The molecule has 0 atom stereocenters. The third-order valence-electron chi connectivity index (χ3n) is 5.40. The summed E-state index contributed by atoms with van der Waals surface area (Å²) < 4.78 is 10.7. The number of rotatable bonds is 9. The molecule has 7 heteroatoms. The van der Waals surface area contributed by atoms with Crippen molar-refractivity contribution in [1.29, 1.82) is 0 Å². The van der Waals surface area contributed by atoms with Crippen molar-refractivity contribution < 1.29 is 14.6 Å². The van der Waals surface area contributed by atoms with Gasteiger partial charge in [-0.2, -0.15) is 0 Å². The van der Waals surface area contributed by atoms with E-state index in [1.54, 1.807) is 14.2 Å². The summed E-state index contributed by atoms with van der Waals surface area (Å²) in [7, 11) is 3.28. The molecule has 0 radical (unpaired) electrons. The molecule has 0 saturated heterocycles. The highest BCUT2D eigenvalue weighted by Gasteiger charge is 2.31. The van der Waals surface area contributed by atoms with Gasteiger partial charge in [0, 0.05) is 19.7 Å². The molecule has 0 unspecified atom stereocenters. The lowest BCUT2D eigenvalue weighted by atomic mass is 9.72. The first-order chi connectivity index (χ1) is 13.2. The number of nitrogens with one attached hydrogen (secondary N) is 2. The summed E-state index contributed by atoms with van der Waals surface area (Å²) in [5, 5.41) is 16.3. The third-order valence-corrected chi connectivity index (χ3v) is 5.40. The second kappa shape index (κ2) is 13.1. The SMILES string of the molecule is CCNC(=NCc1ccc(OC)c(OC)c1)NCC1(CCO)CCCCC1.I. The lowest BCUT2D eigenvalue weighted by molar-refractivity contribution is 0.131. The predicted molar refractivity (Wildman–Crippen MR) is 125 cm³/mol. The fourth-order valence-corrected chi connectivity index (χ4v) is 3.82. The lowest BCUT2D eigenvalue weighted by Gasteiger charge is -2.37. The van der Waals surface area contributed by atoms with Crippen LogP contribution < -0.4 is 20.1 Å². The molecule has 2 rings (SSSR count). The summed E-state index contributed by atoms with van der Waals surface area (Å²) in [6.45, 7) is 4.54. The smallest absolute Gasteiger partial charge is 0.191 e. The quantitative estimate of drug-likeness (QED) is 0.271. The Morgan fingerprint density at radius 3 is 2.43 bits per heavy atom. The lowest BCUT2D eigenvalue weighted by Crippen LogP contribution is -2.44. The Bertz CT molecular complexity index is 599. The topological polar surface area (TPSA) is 75.1 Å². The Morgan fingerprint density at radius 1 is 1.11 bits per heavy atom. The van der Waals surface area contributed by atoms with E-state index in [1.807, 2.05) is 18.2 Å². The van der Waals surface area contributed by atoms with Gasteiger partial charge in [-0.3, -0.25) is 0 Å². The highest BCUT2D eigenvalue weighted by Crippen LogP contribution is 2.38. The molecule has 1 aliphatic rings. The van der Waals surface area contributed by atoms with Crippen LogP contribution in [0.3, 0.4) is 0 Å². The number of aliphatic imine (C=N–C) groups is 1. The van der Waals surface area contributed by atoms with Gasteiger partial charge in [0.15, 0.2) is 17.5 Å². The molecule has 0 aromatic heterocycles. The van der Waals surface area contributed by atoms with Crippen molar-refractivity contribution in [2.24, 2.45) is 10.4 Å². The average molecular weight is 505 g/mol. The number of halogens is 1. The van der Waals surface area contributed by atoms with Crippen molar-refractivity contribution in [2.75, 3.05) is 33.9 Å². The van der Waals surface area contributed by atoms with E-state index in [1.165, 1.54) is 32.1 Å². The molecule has 0 heterocycles. The van der Waals surface area contributed by atoms with Gasteiger partial charge >= 0.3 is 0 Å². The first-order valence-corrected chi connectivity index (χ1v) is 10.0. The second-order valence-corrected chi connectivity index (χ2v) is 7.27. The number of hydrogen-bond acceptors (Lipinski definition) is 4. The van der Waals surface area contributed by atoms with Crippen LogP contribution in [0.2, 0.25) is 0 Å². The van der Waals surface area contributed by atoms with Crippen LogP contribution in [0.5, 0.6) is 11.5 Å². The van der Waals surface area contributed by atoms with Gasteiger partial charge in [0.1, 0.15) is 0 Å². The minimum absolute atomic E-state index is 0. The van der Waals surface area contributed by atoms with E-state index in [2.05, 4.69) is 17.6 Å². The van der Waals surface area contributed by atoms with Crippen molar-refractivity contribution in [3.05, 3.63) is 23.8 Å². The van der Waals surface area contributed by atoms with E-state index in [0.29, 0.717) is 12.3 Å². The highest BCUT2D eigenvalue weighted by atomic mass is 127. The van der Waals surface area contributed by atoms with E-state index in [-0.39, 0.29) is 36.0 Å². The Morgan fingerprint density at radius 2 is 1.82 bits per heavy atom. The average Bonchev–Trinajstić information content (AvgIpc) is 2.70. The van der Waals surface area contributed by atoms with Crippen LogP contribution in [0, 0.1) is 5.41 Å². The summed E-state index contributed by atoms with van der Waals surface area (Å²) in [4.78, 5) is 4.73. The molecular weight excluding hydrogens is 469 g/mol. The zero-order valence-electron chi connectivity index (χ0n) is 17.4. The normalized spacial score (nSPS) is 16.1. The maximum absolute atomic E-state index is 9.50. The van der Waals surface area contributed by atoms with Gasteiger partial charge in [-0.15, -0.1) is 24.0 Å². The summed E-state index contributed by atoms with van der Waals surface area (Å²) in [5.74, 6) is 2.25. The molecule has 3 N–H and O–H groups in total. The third kappa shape index (κ3) is 7.31. The molecule has 28 heavy (non-hydrogen) atoms. The molecule has 1 fully saturated rings. The zero-order chi connectivity index (χ0) is 19.5. The van der Waals surface area contributed by atoms with Crippen LogP contribution in [-0.2, 0) is 6.54 Å². The molecule has 6 nitrogen and oxygen atoms in total. The largest absolute Gasteiger partial charge is 0.493 e. The number of ether oxygens (including phenoxy) is 2. The fraction of sp³-hybridized carbons (Fsp3) is 0.667. The number of guanidine groups is 1. The van der Waals surface area contributed by atoms with Gasteiger partial charge in [-0.25, -0.2) is 4.99 Å². The molecule has 0 amide bonds. The van der Waals surface area contributed by atoms with Gasteiger partial charge in [-0.1, -0.05) is 25.3 Å². The standard InChI is InChI=1S/C21H35N3O3.HI/c1-4-22-20(24-16-21(12-13-25)10-6-5-7-11-21)23-15-17-8-9-18(26-2)19(14-17)27-3;/h8-9,14,25H,4-7,10-13,15-16H2,1-3H3,(H2,22,23,24);1H. The second-order valence-electron chi connectivity index (χ2n) is 7.27. The van der Waals surface area contributed by atoms with Gasteiger partial charge in [0.25, 0.3) is 0 Å². The summed E-state index contributed by atoms with van der Waals surface area (Å²) in [6.07, 6.45) is 7.02. The number of aliphatic hydroxyl groups is 1. The summed E-state index contributed by atoms with van der Waals surface area (Å²) >= 11 is 0.